The van der Waals surface area contributed by atoms with Gasteiger partial charge in [0.2, 0.25) is 0 Å². The van der Waals surface area contributed by atoms with Crippen LogP contribution < -0.4 is 10.1 Å². The Morgan fingerprint density at radius 2 is 1.46 bits per heavy atom. The predicted molar refractivity (Wildman–Crippen MR) is 108 cm³/mol. The molecule has 1 N–H and O–H groups in total. The first-order valence-corrected chi connectivity index (χ1v) is 8.96. The summed E-state index contributed by atoms with van der Waals surface area (Å²) in [5, 5.41) is 2.81. The molecular formula is C23H21NO4. The minimum absolute atomic E-state index is 0.183. The van der Waals surface area contributed by atoms with E-state index in [2.05, 4.69) is 5.32 Å². The molecule has 0 heterocycles. The van der Waals surface area contributed by atoms with Gasteiger partial charge in [-0.1, -0.05) is 24.3 Å². The first kappa shape index (κ1) is 19.2. The van der Waals surface area contributed by atoms with Crippen molar-refractivity contribution < 1.29 is 19.1 Å². The van der Waals surface area contributed by atoms with E-state index in [-0.39, 0.29) is 12.0 Å². The van der Waals surface area contributed by atoms with Gasteiger partial charge in [-0.3, -0.25) is 4.79 Å². The van der Waals surface area contributed by atoms with E-state index < -0.39 is 5.97 Å². The molecule has 0 aliphatic heterocycles. The van der Waals surface area contributed by atoms with Gasteiger partial charge < -0.3 is 14.8 Å². The van der Waals surface area contributed by atoms with Crippen molar-refractivity contribution in [3.63, 3.8) is 0 Å². The molecule has 3 aromatic carbocycles. The van der Waals surface area contributed by atoms with Gasteiger partial charge >= 0.3 is 5.97 Å². The molecule has 1 amide bonds. The van der Waals surface area contributed by atoms with E-state index in [1.807, 2.05) is 30.3 Å². The Labute approximate surface area is 163 Å². The Hall–Kier alpha value is -3.60. The molecule has 142 valence electrons. The van der Waals surface area contributed by atoms with Gasteiger partial charge in [0.25, 0.3) is 5.91 Å². The zero-order valence-electron chi connectivity index (χ0n) is 15.7. The minimum atomic E-state index is -0.390. The van der Waals surface area contributed by atoms with E-state index in [4.69, 9.17) is 9.47 Å². The molecule has 28 heavy (non-hydrogen) atoms. The molecule has 3 rings (SSSR count). The van der Waals surface area contributed by atoms with Crippen LogP contribution in [0, 0.1) is 0 Å². The second kappa shape index (κ2) is 8.86. The summed E-state index contributed by atoms with van der Waals surface area (Å²) in [6, 6.07) is 22.9. The Kier molecular flexibility index (Phi) is 6.07. The minimum Gasteiger partial charge on any atom is -0.459 e. The summed E-state index contributed by atoms with van der Waals surface area (Å²) in [6.45, 7) is 3.59. The highest BCUT2D eigenvalue weighted by atomic mass is 16.5. The Bertz CT molecular complexity index is 950. The zero-order valence-corrected chi connectivity index (χ0v) is 15.7. The molecule has 0 bridgehead atoms. The van der Waals surface area contributed by atoms with Crippen LogP contribution >= 0.6 is 0 Å². The first-order valence-electron chi connectivity index (χ1n) is 8.96. The lowest BCUT2D eigenvalue weighted by Crippen LogP contribution is -2.13. The normalized spacial score (nSPS) is 10.4. The number of benzene rings is 3. The van der Waals surface area contributed by atoms with Crippen LogP contribution in [0.25, 0.3) is 0 Å². The van der Waals surface area contributed by atoms with Crippen molar-refractivity contribution in [2.24, 2.45) is 0 Å². The SMILES string of the molecule is CC(C)OC(=O)c1ccc(NC(=O)c2cccc(Oc3ccccc3)c2)cc1. The third-order valence-corrected chi connectivity index (χ3v) is 3.80. The largest absolute Gasteiger partial charge is 0.459 e. The third kappa shape index (κ3) is 5.20. The maximum Gasteiger partial charge on any atom is 0.338 e. The molecule has 0 atom stereocenters. The number of carbonyl (C=O) groups is 2. The van der Waals surface area contributed by atoms with Gasteiger partial charge in [-0.25, -0.2) is 4.79 Å². The van der Waals surface area contributed by atoms with Crippen LogP contribution in [0.15, 0.2) is 78.9 Å². The molecule has 0 radical (unpaired) electrons. The lowest BCUT2D eigenvalue weighted by atomic mass is 10.1. The van der Waals surface area contributed by atoms with Crippen LogP contribution in [0.5, 0.6) is 11.5 Å². The molecular weight excluding hydrogens is 354 g/mol. The van der Waals surface area contributed by atoms with Crippen molar-refractivity contribution in [2.75, 3.05) is 5.32 Å². The van der Waals surface area contributed by atoms with Crippen LogP contribution in [0.4, 0.5) is 5.69 Å². The second-order valence-corrected chi connectivity index (χ2v) is 6.43. The van der Waals surface area contributed by atoms with Crippen molar-refractivity contribution >= 4 is 17.6 Å². The van der Waals surface area contributed by atoms with Crippen LogP contribution in [0.2, 0.25) is 0 Å². The molecule has 0 saturated heterocycles. The van der Waals surface area contributed by atoms with E-state index in [1.165, 1.54) is 0 Å². The van der Waals surface area contributed by atoms with Gasteiger partial charge in [-0.2, -0.15) is 0 Å². The summed E-state index contributed by atoms with van der Waals surface area (Å²) in [5.41, 5.74) is 1.49. The van der Waals surface area contributed by atoms with Crippen molar-refractivity contribution in [3.8, 4) is 11.5 Å². The van der Waals surface area contributed by atoms with Crippen molar-refractivity contribution in [2.45, 2.75) is 20.0 Å². The van der Waals surface area contributed by atoms with Gasteiger partial charge in [-0.05, 0) is 68.4 Å². The number of carbonyl (C=O) groups excluding carboxylic acids is 2. The topological polar surface area (TPSA) is 64.6 Å². The molecule has 5 heteroatoms. The lowest BCUT2D eigenvalue weighted by Gasteiger charge is -2.10. The molecule has 0 fully saturated rings. The summed E-state index contributed by atoms with van der Waals surface area (Å²) in [5.74, 6) is 0.615. The number of esters is 1. The highest BCUT2D eigenvalue weighted by Gasteiger charge is 2.11. The molecule has 0 saturated carbocycles. The zero-order chi connectivity index (χ0) is 19.9. The quantitative estimate of drug-likeness (QED) is 0.594. The second-order valence-electron chi connectivity index (χ2n) is 6.43. The number of para-hydroxylation sites is 1. The van der Waals surface area contributed by atoms with Gasteiger partial charge in [-0.15, -0.1) is 0 Å². The fraction of sp³-hybridized carbons (Fsp3) is 0.130. The highest BCUT2D eigenvalue weighted by Crippen LogP contribution is 2.22. The van der Waals surface area contributed by atoms with E-state index in [9.17, 15) is 9.59 Å². The fourth-order valence-electron chi connectivity index (χ4n) is 2.50. The standard InChI is InChI=1S/C23H21NO4/c1-16(2)27-23(26)17-11-13-19(14-12-17)24-22(25)18-7-6-10-21(15-18)28-20-8-4-3-5-9-20/h3-16H,1-2H3,(H,24,25). The van der Waals surface area contributed by atoms with E-state index in [1.54, 1.807) is 62.4 Å². The van der Waals surface area contributed by atoms with Crippen LogP contribution in [-0.4, -0.2) is 18.0 Å². The van der Waals surface area contributed by atoms with Gasteiger partial charge in [0.15, 0.2) is 0 Å². The van der Waals surface area contributed by atoms with Crippen molar-refractivity contribution in [3.05, 3.63) is 90.0 Å². The number of hydrogen-bond acceptors (Lipinski definition) is 4. The smallest absolute Gasteiger partial charge is 0.338 e. The van der Waals surface area contributed by atoms with Crippen LogP contribution in [-0.2, 0) is 4.74 Å². The van der Waals surface area contributed by atoms with E-state index in [0.29, 0.717) is 28.3 Å². The predicted octanol–water partition coefficient (Wildman–Crippen LogP) is 5.30. The van der Waals surface area contributed by atoms with Gasteiger partial charge in [0.05, 0.1) is 11.7 Å². The Balaban J connectivity index is 1.66. The van der Waals surface area contributed by atoms with E-state index >= 15 is 0 Å². The maximum absolute atomic E-state index is 12.5. The number of amides is 1. The summed E-state index contributed by atoms with van der Waals surface area (Å²) in [7, 11) is 0. The molecule has 0 aromatic heterocycles. The number of nitrogens with one attached hydrogen (secondary N) is 1. The highest BCUT2D eigenvalue weighted by molar-refractivity contribution is 6.04. The van der Waals surface area contributed by atoms with Crippen molar-refractivity contribution in [1.29, 1.82) is 0 Å². The molecule has 0 unspecified atom stereocenters. The number of ether oxygens (including phenoxy) is 2. The fourth-order valence-corrected chi connectivity index (χ4v) is 2.50. The lowest BCUT2D eigenvalue weighted by molar-refractivity contribution is 0.0378. The van der Waals surface area contributed by atoms with E-state index in [0.717, 1.165) is 0 Å². The Morgan fingerprint density at radius 3 is 2.14 bits per heavy atom. The Morgan fingerprint density at radius 1 is 0.786 bits per heavy atom. The van der Waals surface area contributed by atoms with Crippen LogP contribution in [0.3, 0.4) is 0 Å². The third-order valence-electron chi connectivity index (χ3n) is 3.80. The molecule has 3 aromatic rings. The number of hydrogen-bond donors (Lipinski definition) is 1. The summed E-state index contributed by atoms with van der Waals surface area (Å²) < 4.78 is 10.9. The van der Waals surface area contributed by atoms with Gasteiger partial charge in [0, 0.05) is 11.3 Å². The maximum atomic E-state index is 12.5. The number of anilines is 1. The summed E-state index contributed by atoms with van der Waals surface area (Å²) in [4.78, 5) is 24.4. The van der Waals surface area contributed by atoms with Crippen molar-refractivity contribution in [1.82, 2.24) is 0 Å². The molecule has 0 aliphatic rings. The van der Waals surface area contributed by atoms with Gasteiger partial charge in [0.1, 0.15) is 11.5 Å². The summed E-state index contributed by atoms with van der Waals surface area (Å²) >= 11 is 0. The summed E-state index contributed by atoms with van der Waals surface area (Å²) in [6.07, 6.45) is -0.183. The average molecular weight is 375 g/mol. The molecule has 0 spiro atoms. The number of rotatable bonds is 6. The average Bonchev–Trinajstić information content (AvgIpc) is 2.69. The molecule has 0 aliphatic carbocycles. The first-order chi connectivity index (χ1) is 13.5. The van der Waals surface area contributed by atoms with Crippen LogP contribution in [0.1, 0.15) is 34.6 Å². The molecule has 5 nitrogen and oxygen atoms in total. The monoisotopic (exact) mass is 375 g/mol.